The second-order valence-electron chi connectivity index (χ2n) is 7.22. The Kier molecular flexibility index (Phi) is 5.62. The van der Waals surface area contributed by atoms with Crippen molar-refractivity contribution in [1.82, 2.24) is 4.90 Å². The molecule has 144 valence electrons. The number of anilines is 1. The molecule has 0 fully saturated rings. The van der Waals surface area contributed by atoms with Gasteiger partial charge in [-0.1, -0.05) is 29.8 Å². The molecule has 3 aromatic carbocycles. The number of hydrogen-bond acceptors (Lipinski definition) is 3. The van der Waals surface area contributed by atoms with E-state index in [-0.39, 0.29) is 5.91 Å². The fourth-order valence-electron chi connectivity index (χ4n) is 3.62. The van der Waals surface area contributed by atoms with Crippen LogP contribution in [-0.4, -0.2) is 17.4 Å². The Labute approximate surface area is 175 Å². The molecular weight excluding hydrogens is 382 g/mol. The topological polar surface area (TPSA) is 56.1 Å². The van der Waals surface area contributed by atoms with Crippen LogP contribution in [0.4, 0.5) is 5.69 Å². The van der Waals surface area contributed by atoms with E-state index in [0.29, 0.717) is 16.8 Å². The summed E-state index contributed by atoms with van der Waals surface area (Å²) in [4.78, 5) is 15.0. The summed E-state index contributed by atoms with van der Waals surface area (Å²) < 4.78 is 0. The van der Waals surface area contributed by atoms with E-state index in [9.17, 15) is 4.79 Å². The molecule has 0 spiro atoms. The summed E-state index contributed by atoms with van der Waals surface area (Å²) >= 11 is 6.14. The fraction of sp³-hybridized carbons (Fsp3) is 0.167. The molecule has 0 radical (unpaired) electrons. The second kappa shape index (κ2) is 8.48. The van der Waals surface area contributed by atoms with Crippen LogP contribution in [0, 0.1) is 11.3 Å². The average Bonchev–Trinajstić information content (AvgIpc) is 2.74. The van der Waals surface area contributed by atoms with Crippen LogP contribution in [0.3, 0.4) is 0 Å². The number of rotatable bonds is 4. The van der Waals surface area contributed by atoms with Gasteiger partial charge in [-0.05, 0) is 71.6 Å². The molecule has 1 aliphatic heterocycles. The Morgan fingerprint density at radius 3 is 2.69 bits per heavy atom. The van der Waals surface area contributed by atoms with Crippen LogP contribution < -0.4 is 5.32 Å². The molecule has 0 aromatic heterocycles. The quantitative estimate of drug-likeness (QED) is 0.667. The molecule has 0 bridgehead atoms. The minimum atomic E-state index is -0.160. The zero-order valence-corrected chi connectivity index (χ0v) is 16.6. The summed E-state index contributed by atoms with van der Waals surface area (Å²) in [5.41, 5.74) is 5.59. The van der Waals surface area contributed by atoms with E-state index >= 15 is 0 Å². The van der Waals surface area contributed by atoms with Crippen LogP contribution >= 0.6 is 11.6 Å². The first-order chi connectivity index (χ1) is 14.1. The monoisotopic (exact) mass is 401 g/mol. The Morgan fingerprint density at radius 2 is 1.90 bits per heavy atom. The van der Waals surface area contributed by atoms with Gasteiger partial charge in [-0.25, -0.2) is 0 Å². The Hall–Kier alpha value is -3.13. The molecule has 1 aliphatic rings. The number of hydrogen-bond donors (Lipinski definition) is 1. The van der Waals surface area contributed by atoms with Gasteiger partial charge in [-0.2, -0.15) is 5.26 Å². The summed E-state index contributed by atoms with van der Waals surface area (Å²) in [6, 6.07) is 22.7. The summed E-state index contributed by atoms with van der Waals surface area (Å²) in [6.45, 7) is 2.62. The second-order valence-corrected chi connectivity index (χ2v) is 7.65. The first-order valence-corrected chi connectivity index (χ1v) is 9.88. The number of fused-ring (bicyclic) bond motifs is 1. The van der Waals surface area contributed by atoms with Crippen LogP contribution in [-0.2, 0) is 19.5 Å². The van der Waals surface area contributed by atoms with Gasteiger partial charge in [0.25, 0.3) is 5.91 Å². The maximum absolute atomic E-state index is 12.6. The zero-order chi connectivity index (χ0) is 20.2. The van der Waals surface area contributed by atoms with Crippen molar-refractivity contribution in [3.63, 3.8) is 0 Å². The molecule has 0 atom stereocenters. The molecule has 0 aliphatic carbocycles. The third kappa shape index (κ3) is 4.65. The Balaban J connectivity index is 1.43. The molecule has 1 amide bonds. The predicted octanol–water partition coefficient (Wildman–Crippen LogP) is 5.02. The van der Waals surface area contributed by atoms with Crippen molar-refractivity contribution in [2.45, 2.75) is 19.5 Å². The highest BCUT2D eigenvalue weighted by atomic mass is 35.5. The highest BCUT2D eigenvalue weighted by Crippen LogP contribution is 2.24. The number of nitriles is 1. The molecule has 0 unspecified atom stereocenters. The van der Waals surface area contributed by atoms with Gasteiger partial charge < -0.3 is 5.32 Å². The highest BCUT2D eigenvalue weighted by molar-refractivity contribution is 6.30. The molecule has 4 nitrogen and oxygen atoms in total. The van der Waals surface area contributed by atoms with E-state index in [1.54, 1.807) is 24.3 Å². The lowest BCUT2D eigenvalue weighted by Crippen LogP contribution is -2.30. The molecule has 4 rings (SSSR count). The van der Waals surface area contributed by atoms with Gasteiger partial charge in [0.1, 0.15) is 0 Å². The average molecular weight is 402 g/mol. The van der Waals surface area contributed by atoms with Gasteiger partial charge >= 0.3 is 0 Å². The Bertz CT molecular complexity index is 1090. The molecule has 5 heteroatoms. The van der Waals surface area contributed by atoms with Crippen LogP contribution in [0.1, 0.15) is 32.6 Å². The van der Waals surface area contributed by atoms with Gasteiger partial charge in [0, 0.05) is 35.9 Å². The van der Waals surface area contributed by atoms with Crippen molar-refractivity contribution in [3.8, 4) is 6.07 Å². The minimum Gasteiger partial charge on any atom is -0.322 e. The van der Waals surface area contributed by atoms with Crippen LogP contribution in [0.15, 0.2) is 66.7 Å². The van der Waals surface area contributed by atoms with Crippen molar-refractivity contribution in [1.29, 1.82) is 5.26 Å². The maximum atomic E-state index is 12.6. The lowest BCUT2D eigenvalue weighted by Gasteiger charge is -2.29. The molecule has 29 heavy (non-hydrogen) atoms. The highest BCUT2D eigenvalue weighted by Gasteiger charge is 2.17. The van der Waals surface area contributed by atoms with E-state index in [4.69, 9.17) is 16.9 Å². The van der Waals surface area contributed by atoms with E-state index in [1.807, 2.05) is 36.4 Å². The lowest BCUT2D eigenvalue weighted by molar-refractivity contribution is 0.102. The molecule has 0 saturated carbocycles. The fourth-order valence-corrected chi connectivity index (χ4v) is 3.81. The number of amides is 1. The van der Waals surface area contributed by atoms with Gasteiger partial charge in [0.05, 0.1) is 11.6 Å². The predicted molar refractivity (Wildman–Crippen MR) is 115 cm³/mol. The van der Waals surface area contributed by atoms with Crippen molar-refractivity contribution in [2.75, 3.05) is 11.9 Å². The van der Waals surface area contributed by atoms with Crippen LogP contribution in [0.5, 0.6) is 0 Å². The van der Waals surface area contributed by atoms with Gasteiger partial charge in [-0.15, -0.1) is 0 Å². The van der Waals surface area contributed by atoms with Crippen molar-refractivity contribution in [2.24, 2.45) is 0 Å². The van der Waals surface area contributed by atoms with Crippen molar-refractivity contribution >= 4 is 23.2 Å². The number of nitrogens with zero attached hydrogens (tertiary/aromatic N) is 2. The van der Waals surface area contributed by atoms with Crippen LogP contribution in [0.2, 0.25) is 5.02 Å². The summed E-state index contributed by atoms with van der Waals surface area (Å²) in [7, 11) is 0. The van der Waals surface area contributed by atoms with E-state index < -0.39 is 0 Å². The standard InChI is InChI=1S/C24H20ClN3O/c25-22-7-6-19-10-11-28(16-21(19)13-22)15-18-2-1-3-20(12-18)24(29)27-23-8-4-17(14-26)5-9-23/h1-9,12-13H,10-11,15-16H2,(H,27,29). The number of benzene rings is 3. The van der Waals surface area contributed by atoms with Gasteiger partial charge in [0.15, 0.2) is 0 Å². The number of halogens is 1. The van der Waals surface area contributed by atoms with E-state index in [2.05, 4.69) is 22.4 Å². The van der Waals surface area contributed by atoms with Gasteiger partial charge in [0.2, 0.25) is 0 Å². The molecule has 1 N–H and O–H groups in total. The number of carbonyl (C=O) groups excluding carboxylic acids is 1. The van der Waals surface area contributed by atoms with Crippen molar-refractivity contribution in [3.05, 3.63) is 99.6 Å². The third-order valence-electron chi connectivity index (χ3n) is 5.13. The maximum Gasteiger partial charge on any atom is 0.255 e. The smallest absolute Gasteiger partial charge is 0.255 e. The molecule has 0 saturated heterocycles. The number of carbonyl (C=O) groups is 1. The molecule has 1 heterocycles. The first-order valence-electron chi connectivity index (χ1n) is 9.51. The summed E-state index contributed by atoms with van der Waals surface area (Å²) in [6.07, 6.45) is 1.01. The Morgan fingerprint density at radius 1 is 1.07 bits per heavy atom. The summed E-state index contributed by atoms with van der Waals surface area (Å²) in [5, 5.41) is 12.5. The first kappa shape index (κ1) is 19.2. The number of nitrogens with one attached hydrogen (secondary N) is 1. The van der Waals surface area contributed by atoms with E-state index in [1.165, 1.54) is 11.1 Å². The SMILES string of the molecule is N#Cc1ccc(NC(=O)c2cccc(CN3CCc4ccc(Cl)cc4C3)c2)cc1. The van der Waals surface area contributed by atoms with E-state index in [0.717, 1.165) is 36.6 Å². The van der Waals surface area contributed by atoms with Gasteiger partial charge in [-0.3, -0.25) is 9.69 Å². The lowest BCUT2D eigenvalue weighted by atomic mass is 9.99. The van der Waals surface area contributed by atoms with Crippen LogP contribution in [0.25, 0.3) is 0 Å². The third-order valence-corrected chi connectivity index (χ3v) is 5.36. The molecular formula is C24H20ClN3O. The minimum absolute atomic E-state index is 0.160. The van der Waals surface area contributed by atoms with Crippen molar-refractivity contribution < 1.29 is 4.79 Å². The summed E-state index contributed by atoms with van der Waals surface area (Å²) in [5.74, 6) is -0.160. The molecule has 3 aromatic rings. The largest absolute Gasteiger partial charge is 0.322 e. The normalized spacial score (nSPS) is 13.4. The zero-order valence-electron chi connectivity index (χ0n) is 15.9.